The first-order valence-electron chi connectivity index (χ1n) is 9.07. The van der Waals surface area contributed by atoms with Crippen LogP contribution in [-0.4, -0.2) is 0 Å². The van der Waals surface area contributed by atoms with Gasteiger partial charge < -0.3 is 0 Å². The number of halogens is 4. The molecular weight excluding hydrogens is 352 g/mol. The summed E-state index contributed by atoms with van der Waals surface area (Å²) in [6.07, 6.45) is 6.56. The molecule has 0 radical (unpaired) electrons. The predicted octanol–water partition coefficient (Wildman–Crippen LogP) is 7.09. The second-order valence-corrected chi connectivity index (χ2v) is 6.83. The quantitative estimate of drug-likeness (QED) is 0.300. The largest absolute Gasteiger partial charge is 0.271 e. The first kappa shape index (κ1) is 19.2. The van der Waals surface area contributed by atoms with Crippen LogP contribution >= 0.6 is 0 Å². The molecule has 0 spiro atoms. The van der Waals surface area contributed by atoms with Gasteiger partial charge in [0.1, 0.15) is 11.6 Å². The van der Waals surface area contributed by atoms with E-state index < -0.39 is 23.3 Å². The molecule has 0 bridgehead atoms. The third-order valence-corrected chi connectivity index (χ3v) is 5.01. The Kier molecular flexibility index (Phi) is 6.01. The molecule has 0 aliphatic heterocycles. The summed E-state index contributed by atoms with van der Waals surface area (Å²) in [4.78, 5) is 0. The average Bonchev–Trinajstić information content (AvgIpc) is 2.65. The minimum atomic E-state index is -2.14. The van der Waals surface area contributed by atoms with E-state index in [0.717, 1.165) is 31.7 Å². The van der Waals surface area contributed by atoms with E-state index >= 15 is 0 Å². The van der Waals surface area contributed by atoms with Gasteiger partial charge in [-0.25, -0.2) is 8.78 Å². The van der Waals surface area contributed by atoms with Crippen LogP contribution in [0, 0.1) is 35.3 Å². The van der Waals surface area contributed by atoms with Crippen molar-refractivity contribution in [2.75, 3.05) is 0 Å². The van der Waals surface area contributed by atoms with E-state index in [4.69, 9.17) is 0 Å². The Morgan fingerprint density at radius 1 is 1.07 bits per heavy atom. The van der Waals surface area contributed by atoms with Gasteiger partial charge in [-0.15, -0.1) is 0 Å². The zero-order chi connectivity index (χ0) is 19.4. The molecule has 27 heavy (non-hydrogen) atoms. The van der Waals surface area contributed by atoms with Crippen molar-refractivity contribution >= 4 is 16.8 Å². The van der Waals surface area contributed by atoms with E-state index in [0.29, 0.717) is 16.9 Å². The zero-order valence-electron chi connectivity index (χ0n) is 15.0. The molecule has 140 valence electrons. The molecule has 1 aliphatic carbocycles. The lowest BCUT2D eigenvalue weighted by Gasteiger charge is -2.23. The van der Waals surface area contributed by atoms with Gasteiger partial charge in [-0.05, 0) is 50.7 Å². The summed E-state index contributed by atoms with van der Waals surface area (Å²) in [7, 11) is 0. The van der Waals surface area contributed by atoms with Gasteiger partial charge >= 0.3 is 0 Å². The van der Waals surface area contributed by atoms with Crippen LogP contribution in [0.2, 0.25) is 0 Å². The highest BCUT2D eigenvalue weighted by molar-refractivity contribution is 5.90. The molecule has 0 nitrogen and oxygen atoms in total. The monoisotopic (exact) mass is 372 g/mol. The molecule has 0 aromatic heterocycles. The fourth-order valence-electron chi connectivity index (χ4n) is 3.62. The molecule has 0 heterocycles. The van der Waals surface area contributed by atoms with Crippen molar-refractivity contribution in [2.45, 2.75) is 32.6 Å². The normalized spacial score (nSPS) is 19.7. The van der Waals surface area contributed by atoms with Crippen molar-refractivity contribution in [1.29, 1.82) is 0 Å². The van der Waals surface area contributed by atoms with Gasteiger partial charge in [-0.2, -0.15) is 8.78 Å². The summed E-state index contributed by atoms with van der Waals surface area (Å²) >= 11 is 0. The maximum absolute atomic E-state index is 14.5. The lowest BCUT2D eigenvalue weighted by molar-refractivity contribution is 0.364. The van der Waals surface area contributed by atoms with E-state index in [1.807, 2.05) is 6.92 Å². The standard InChI is InChI=1S/C23H20F4/c1-2-4-15-7-9-16(10-8-15)11-12-17-5-3-6-18-19(17)13-21(24)20(23(18)27)14-22(25)26/h2-6,13-16H,7-10H2,1H3/b4-2+. The summed E-state index contributed by atoms with van der Waals surface area (Å²) in [6.45, 7) is 2.02. The number of rotatable bonds is 2. The molecule has 3 rings (SSSR count). The molecule has 2 aromatic rings. The van der Waals surface area contributed by atoms with Gasteiger partial charge in [0.25, 0.3) is 6.08 Å². The summed E-state index contributed by atoms with van der Waals surface area (Å²) in [5.74, 6) is 5.14. The molecular formula is C23H20F4. The van der Waals surface area contributed by atoms with Crippen molar-refractivity contribution in [2.24, 2.45) is 11.8 Å². The Labute approximate surface area is 156 Å². The van der Waals surface area contributed by atoms with Crippen molar-refractivity contribution in [3.05, 3.63) is 65.3 Å². The Morgan fingerprint density at radius 2 is 1.81 bits per heavy atom. The van der Waals surface area contributed by atoms with Gasteiger partial charge in [-0.1, -0.05) is 36.1 Å². The first-order valence-corrected chi connectivity index (χ1v) is 9.07. The highest BCUT2D eigenvalue weighted by Gasteiger charge is 2.18. The molecule has 0 atom stereocenters. The molecule has 0 unspecified atom stereocenters. The third-order valence-electron chi connectivity index (χ3n) is 5.01. The Hall–Kier alpha value is -2.54. The maximum Gasteiger partial charge on any atom is 0.271 e. The van der Waals surface area contributed by atoms with E-state index in [9.17, 15) is 17.6 Å². The van der Waals surface area contributed by atoms with Crippen LogP contribution in [-0.2, 0) is 0 Å². The fourth-order valence-corrected chi connectivity index (χ4v) is 3.62. The van der Waals surface area contributed by atoms with Crippen LogP contribution < -0.4 is 0 Å². The van der Waals surface area contributed by atoms with Crippen molar-refractivity contribution in [3.63, 3.8) is 0 Å². The van der Waals surface area contributed by atoms with Crippen LogP contribution in [0.5, 0.6) is 0 Å². The number of fused-ring (bicyclic) bond motifs is 1. The molecule has 1 saturated carbocycles. The van der Waals surface area contributed by atoms with Gasteiger partial charge in [0.15, 0.2) is 0 Å². The second kappa shape index (κ2) is 8.43. The average molecular weight is 372 g/mol. The molecule has 0 amide bonds. The molecule has 0 N–H and O–H groups in total. The van der Waals surface area contributed by atoms with Crippen molar-refractivity contribution in [3.8, 4) is 11.8 Å². The number of allylic oxidation sites excluding steroid dienone is 2. The smallest absolute Gasteiger partial charge is 0.206 e. The van der Waals surface area contributed by atoms with E-state index in [2.05, 4.69) is 24.0 Å². The van der Waals surface area contributed by atoms with E-state index in [1.165, 1.54) is 6.07 Å². The second-order valence-electron chi connectivity index (χ2n) is 6.83. The molecule has 2 aromatic carbocycles. The minimum absolute atomic E-state index is 0.0903. The third kappa shape index (κ3) is 4.42. The van der Waals surface area contributed by atoms with Gasteiger partial charge in [0, 0.05) is 28.3 Å². The molecule has 4 heteroatoms. The molecule has 0 saturated heterocycles. The van der Waals surface area contributed by atoms with Crippen molar-refractivity contribution < 1.29 is 17.6 Å². The van der Waals surface area contributed by atoms with Crippen molar-refractivity contribution in [1.82, 2.24) is 0 Å². The Morgan fingerprint density at radius 3 is 2.48 bits per heavy atom. The zero-order valence-corrected chi connectivity index (χ0v) is 15.0. The van der Waals surface area contributed by atoms with E-state index in [-0.39, 0.29) is 17.4 Å². The topological polar surface area (TPSA) is 0 Å². The highest BCUT2D eigenvalue weighted by atomic mass is 19.3. The number of benzene rings is 2. The Bertz CT molecular complexity index is 948. The highest BCUT2D eigenvalue weighted by Crippen LogP contribution is 2.30. The van der Waals surface area contributed by atoms with Crippen LogP contribution in [0.4, 0.5) is 17.6 Å². The van der Waals surface area contributed by atoms with Crippen LogP contribution in [0.1, 0.15) is 43.7 Å². The van der Waals surface area contributed by atoms with Crippen LogP contribution in [0.15, 0.2) is 42.5 Å². The number of hydrogen-bond acceptors (Lipinski definition) is 0. The summed E-state index contributed by atoms with van der Waals surface area (Å²) in [5.41, 5.74) is -0.216. The van der Waals surface area contributed by atoms with Gasteiger partial charge in [0.05, 0.1) is 5.56 Å². The lowest BCUT2D eigenvalue weighted by Crippen LogP contribution is -2.11. The van der Waals surface area contributed by atoms with Crippen LogP contribution in [0.25, 0.3) is 16.8 Å². The minimum Gasteiger partial charge on any atom is -0.206 e. The maximum atomic E-state index is 14.5. The summed E-state index contributed by atoms with van der Waals surface area (Å²) < 4.78 is 53.6. The van der Waals surface area contributed by atoms with Gasteiger partial charge in [-0.3, -0.25) is 0 Å². The number of hydrogen-bond donors (Lipinski definition) is 0. The first-order chi connectivity index (χ1) is 13.0. The fraction of sp³-hybridized carbons (Fsp3) is 0.304. The van der Waals surface area contributed by atoms with Gasteiger partial charge in [0.2, 0.25) is 0 Å². The molecule has 1 aliphatic rings. The summed E-state index contributed by atoms with van der Waals surface area (Å²) in [5, 5.41) is 0.395. The van der Waals surface area contributed by atoms with Crippen LogP contribution in [0.3, 0.4) is 0 Å². The van der Waals surface area contributed by atoms with E-state index in [1.54, 1.807) is 12.1 Å². The summed E-state index contributed by atoms with van der Waals surface area (Å²) in [6, 6.07) is 5.84. The Balaban J connectivity index is 1.92. The predicted molar refractivity (Wildman–Crippen MR) is 101 cm³/mol. The SMILES string of the molecule is C/C=C/C1CCC(C#Cc2cccc3c(F)c(C=C(F)F)c(F)cc23)CC1. The lowest BCUT2D eigenvalue weighted by atomic mass is 9.82. The molecule has 1 fully saturated rings.